The van der Waals surface area contributed by atoms with Gasteiger partial charge in [-0.2, -0.15) is 0 Å². The van der Waals surface area contributed by atoms with Crippen molar-refractivity contribution < 1.29 is 0 Å². The Morgan fingerprint density at radius 3 is 1.78 bits per heavy atom. The molecule has 12 rings (SSSR count). The van der Waals surface area contributed by atoms with Crippen molar-refractivity contribution >= 4 is 92.6 Å². The molecule has 0 N–H and O–H groups in total. The standard InChI is InChI=1S/C45H26N4/c1-2-13-28(14-3-1)48-39-20-10-8-18-33(39)37-24-29(26-46-45(37)48)47-38-19-9-6-16-31(38)35-25-36-32-17-7-11-21-40(32)49-42-30-15-5-4-12-27(30)22-23-34(42)41(43(35)47)44(36)49/h1-26H. The second-order valence-corrected chi connectivity index (χ2v) is 13.2. The van der Waals surface area contributed by atoms with Crippen molar-refractivity contribution in [2.24, 2.45) is 0 Å². The SMILES string of the molecule is c1ccc(-n2c3ccccc3c3cc(-n4c5ccccc5c5cc6c7ccccc7n7c8c9ccccc9ccc8c(c54)c67)cnc32)cc1. The van der Waals surface area contributed by atoms with E-state index in [0.717, 1.165) is 27.9 Å². The van der Waals surface area contributed by atoms with E-state index >= 15 is 0 Å². The average Bonchev–Trinajstić information content (AvgIpc) is 3.89. The van der Waals surface area contributed by atoms with Crippen LogP contribution in [0.4, 0.5) is 0 Å². The van der Waals surface area contributed by atoms with Gasteiger partial charge in [0.1, 0.15) is 5.65 Å². The Morgan fingerprint density at radius 1 is 0.367 bits per heavy atom. The van der Waals surface area contributed by atoms with Gasteiger partial charge in [0.15, 0.2) is 0 Å². The molecule has 0 bridgehead atoms. The van der Waals surface area contributed by atoms with E-state index in [-0.39, 0.29) is 0 Å². The van der Waals surface area contributed by atoms with Gasteiger partial charge in [0.2, 0.25) is 0 Å². The first-order valence-electron chi connectivity index (χ1n) is 16.8. The summed E-state index contributed by atoms with van der Waals surface area (Å²) in [7, 11) is 0. The predicted octanol–water partition coefficient (Wildman–Crippen LogP) is 11.6. The number of hydrogen-bond donors (Lipinski definition) is 0. The molecule has 0 aliphatic rings. The Morgan fingerprint density at radius 2 is 0.980 bits per heavy atom. The molecule has 0 spiro atoms. The van der Waals surface area contributed by atoms with Gasteiger partial charge in [-0.05, 0) is 47.9 Å². The van der Waals surface area contributed by atoms with E-state index in [1.54, 1.807) is 0 Å². The van der Waals surface area contributed by atoms with E-state index in [9.17, 15) is 0 Å². The zero-order valence-corrected chi connectivity index (χ0v) is 26.3. The lowest BCUT2D eigenvalue weighted by Crippen LogP contribution is -1.98. The third-order valence-electron chi connectivity index (χ3n) is 10.8. The first-order chi connectivity index (χ1) is 24.3. The lowest BCUT2D eigenvalue weighted by atomic mass is 10.0. The zero-order chi connectivity index (χ0) is 31.8. The van der Waals surface area contributed by atoms with Crippen LogP contribution in [0.25, 0.3) is 104 Å². The molecule has 5 heterocycles. The second-order valence-electron chi connectivity index (χ2n) is 13.2. The number of fused-ring (bicyclic) bond motifs is 15. The summed E-state index contributed by atoms with van der Waals surface area (Å²) in [5.74, 6) is 0. The monoisotopic (exact) mass is 622 g/mol. The molecular weight excluding hydrogens is 597 g/mol. The van der Waals surface area contributed by atoms with Crippen molar-refractivity contribution in [2.45, 2.75) is 0 Å². The molecule has 4 nitrogen and oxygen atoms in total. The summed E-state index contributed by atoms with van der Waals surface area (Å²) >= 11 is 0. The normalized spacial score (nSPS) is 12.5. The van der Waals surface area contributed by atoms with Crippen LogP contribution in [0.15, 0.2) is 158 Å². The maximum absolute atomic E-state index is 5.25. The minimum atomic E-state index is 0.959. The maximum Gasteiger partial charge on any atom is 0.145 e. The van der Waals surface area contributed by atoms with Crippen molar-refractivity contribution in [3.63, 3.8) is 0 Å². The van der Waals surface area contributed by atoms with Gasteiger partial charge in [-0.1, -0.05) is 109 Å². The molecule has 0 amide bonds. The molecule has 0 unspecified atom stereocenters. The highest BCUT2D eigenvalue weighted by Crippen LogP contribution is 2.48. The molecule has 0 saturated carbocycles. The second kappa shape index (κ2) is 9.03. The fourth-order valence-corrected chi connectivity index (χ4v) is 8.82. The summed E-state index contributed by atoms with van der Waals surface area (Å²) in [5, 5.41) is 12.5. The molecule has 0 fully saturated rings. The van der Waals surface area contributed by atoms with E-state index in [1.165, 1.54) is 76.1 Å². The minimum Gasteiger partial charge on any atom is -0.307 e. The first-order valence-corrected chi connectivity index (χ1v) is 16.8. The van der Waals surface area contributed by atoms with Crippen LogP contribution >= 0.6 is 0 Å². The van der Waals surface area contributed by atoms with Crippen molar-refractivity contribution in [3.8, 4) is 11.4 Å². The van der Waals surface area contributed by atoms with E-state index in [2.05, 4.69) is 171 Å². The number of pyridine rings is 1. The molecule has 226 valence electrons. The van der Waals surface area contributed by atoms with Crippen LogP contribution < -0.4 is 0 Å². The van der Waals surface area contributed by atoms with Crippen LogP contribution in [0, 0.1) is 0 Å². The summed E-state index contributed by atoms with van der Waals surface area (Å²) in [6.07, 6.45) is 2.06. The Labute approximate surface area is 279 Å². The number of aromatic nitrogens is 4. The van der Waals surface area contributed by atoms with Gasteiger partial charge >= 0.3 is 0 Å². The number of nitrogens with zero attached hydrogens (tertiary/aromatic N) is 4. The largest absolute Gasteiger partial charge is 0.307 e. The smallest absolute Gasteiger partial charge is 0.145 e. The predicted molar refractivity (Wildman–Crippen MR) is 205 cm³/mol. The molecule has 0 aliphatic carbocycles. The van der Waals surface area contributed by atoms with E-state index in [0.29, 0.717) is 0 Å². The van der Waals surface area contributed by atoms with Crippen LogP contribution in [0.3, 0.4) is 0 Å². The van der Waals surface area contributed by atoms with E-state index in [1.807, 2.05) is 0 Å². The molecule has 0 atom stereocenters. The molecular formula is C45H26N4. The van der Waals surface area contributed by atoms with Crippen molar-refractivity contribution in [3.05, 3.63) is 158 Å². The summed E-state index contributed by atoms with van der Waals surface area (Å²) in [6, 6.07) is 55.1. The van der Waals surface area contributed by atoms with Gasteiger partial charge in [0.25, 0.3) is 0 Å². The number of hydrogen-bond acceptors (Lipinski definition) is 1. The number of para-hydroxylation sites is 4. The van der Waals surface area contributed by atoms with Gasteiger partial charge in [0, 0.05) is 54.2 Å². The van der Waals surface area contributed by atoms with Crippen molar-refractivity contribution in [2.75, 3.05) is 0 Å². The Bertz CT molecular complexity index is 3320. The van der Waals surface area contributed by atoms with Crippen LogP contribution in [-0.4, -0.2) is 18.5 Å². The van der Waals surface area contributed by atoms with Gasteiger partial charge < -0.3 is 8.97 Å². The fraction of sp³-hybridized carbons (Fsp3) is 0. The van der Waals surface area contributed by atoms with E-state index in [4.69, 9.17) is 4.98 Å². The van der Waals surface area contributed by atoms with Gasteiger partial charge in [0.05, 0.1) is 45.0 Å². The van der Waals surface area contributed by atoms with Crippen LogP contribution in [0.2, 0.25) is 0 Å². The van der Waals surface area contributed by atoms with Crippen LogP contribution in [0.5, 0.6) is 0 Å². The summed E-state index contributed by atoms with van der Waals surface area (Å²) in [6.45, 7) is 0. The highest BCUT2D eigenvalue weighted by molar-refractivity contribution is 6.36. The average molecular weight is 623 g/mol. The summed E-state index contributed by atoms with van der Waals surface area (Å²) < 4.78 is 7.27. The summed E-state index contributed by atoms with van der Waals surface area (Å²) in [4.78, 5) is 5.25. The molecule has 12 aromatic rings. The zero-order valence-electron chi connectivity index (χ0n) is 26.3. The molecule has 0 aliphatic heterocycles. The van der Waals surface area contributed by atoms with Gasteiger partial charge in [-0.25, -0.2) is 4.98 Å². The Kier molecular flexibility index (Phi) is 4.69. The molecule has 5 aromatic heterocycles. The lowest BCUT2D eigenvalue weighted by molar-refractivity contribution is 1.11. The number of benzene rings is 7. The van der Waals surface area contributed by atoms with Gasteiger partial charge in [-0.3, -0.25) is 4.57 Å². The highest BCUT2D eigenvalue weighted by atomic mass is 15.1. The third-order valence-corrected chi connectivity index (χ3v) is 10.8. The Balaban J connectivity index is 1.30. The molecule has 4 heteroatoms. The van der Waals surface area contributed by atoms with E-state index < -0.39 is 0 Å². The summed E-state index contributed by atoms with van der Waals surface area (Å²) in [5.41, 5.74) is 10.5. The highest BCUT2D eigenvalue weighted by Gasteiger charge is 2.25. The molecule has 49 heavy (non-hydrogen) atoms. The van der Waals surface area contributed by atoms with Crippen molar-refractivity contribution in [1.82, 2.24) is 18.5 Å². The fourth-order valence-electron chi connectivity index (χ4n) is 8.82. The molecule has 0 radical (unpaired) electrons. The van der Waals surface area contributed by atoms with Crippen LogP contribution in [-0.2, 0) is 0 Å². The van der Waals surface area contributed by atoms with Crippen molar-refractivity contribution in [1.29, 1.82) is 0 Å². The quantitative estimate of drug-likeness (QED) is 0.188. The van der Waals surface area contributed by atoms with Crippen LogP contribution in [0.1, 0.15) is 0 Å². The minimum absolute atomic E-state index is 0.959. The third kappa shape index (κ3) is 3.12. The number of rotatable bonds is 2. The molecule has 0 saturated heterocycles. The molecule has 7 aromatic carbocycles. The lowest BCUT2D eigenvalue weighted by Gasteiger charge is -2.10. The maximum atomic E-state index is 5.25. The topological polar surface area (TPSA) is 27.2 Å². The Hall–Kier alpha value is -6.65. The van der Waals surface area contributed by atoms with Gasteiger partial charge in [-0.15, -0.1) is 0 Å². The first kappa shape index (κ1) is 25.4.